The zero-order chi connectivity index (χ0) is 22.4. The number of hydrogen-bond donors (Lipinski definition) is 0. The van der Waals surface area contributed by atoms with E-state index in [1.165, 1.54) is 29.5 Å². The summed E-state index contributed by atoms with van der Waals surface area (Å²) in [5.41, 5.74) is 3.82. The fraction of sp³-hybridized carbons (Fsp3) is 0.680. The van der Waals surface area contributed by atoms with Crippen molar-refractivity contribution in [3.05, 3.63) is 29.5 Å². The third kappa shape index (κ3) is 7.02. The van der Waals surface area contributed by atoms with Crippen molar-refractivity contribution in [1.29, 1.82) is 0 Å². The van der Waals surface area contributed by atoms with Crippen LogP contribution < -0.4 is 4.74 Å². The van der Waals surface area contributed by atoms with Crippen molar-refractivity contribution < 1.29 is 9.13 Å². The van der Waals surface area contributed by atoms with Gasteiger partial charge in [-0.2, -0.15) is 0 Å². The second kappa shape index (κ2) is 15.3. The highest BCUT2D eigenvalue weighted by Crippen LogP contribution is 2.42. The summed E-state index contributed by atoms with van der Waals surface area (Å²) in [7, 11) is 3.82. The van der Waals surface area contributed by atoms with Crippen LogP contribution in [0.25, 0.3) is 10.9 Å². The van der Waals surface area contributed by atoms with Crippen molar-refractivity contribution >= 4 is 10.9 Å². The van der Waals surface area contributed by atoms with Crippen LogP contribution >= 0.6 is 0 Å². The van der Waals surface area contributed by atoms with Gasteiger partial charge in [-0.25, -0.2) is 4.39 Å². The summed E-state index contributed by atoms with van der Waals surface area (Å²) >= 11 is 0. The molecular weight excluding hydrogens is 363 g/mol. The topological polar surface area (TPSA) is 17.4 Å². The lowest BCUT2D eigenvalue weighted by Gasteiger charge is -2.21. The van der Waals surface area contributed by atoms with Gasteiger partial charge in [-0.05, 0) is 63.0 Å². The van der Waals surface area contributed by atoms with Crippen LogP contribution in [-0.2, 0) is 13.0 Å². The summed E-state index contributed by atoms with van der Waals surface area (Å²) < 4.78 is 20.6. The van der Waals surface area contributed by atoms with E-state index in [1.54, 1.807) is 7.11 Å². The van der Waals surface area contributed by atoms with Crippen molar-refractivity contribution in [1.82, 2.24) is 9.47 Å². The number of hydrogen-bond acceptors (Lipinski definition) is 2. The molecule has 3 nitrogen and oxygen atoms in total. The Labute approximate surface area is 179 Å². The smallest absolute Gasteiger partial charge is 0.128 e. The number of nitrogens with zero attached hydrogens (tertiary/aromatic N) is 2. The fourth-order valence-corrected chi connectivity index (χ4v) is 3.70. The number of aromatic nitrogens is 1. The average Bonchev–Trinajstić information content (AvgIpc) is 3.11. The van der Waals surface area contributed by atoms with Gasteiger partial charge in [0.05, 0.1) is 19.2 Å². The number of fused-ring (bicyclic) bond motifs is 3. The van der Waals surface area contributed by atoms with Gasteiger partial charge in [-0.3, -0.25) is 0 Å². The number of methoxy groups -OCH3 is 1. The molecule has 1 heterocycles. The van der Waals surface area contributed by atoms with Gasteiger partial charge in [0.1, 0.15) is 12.4 Å². The highest BCUT2D eigenvalue weighted by Gasteiger charge is 2.26. The molecule has 1 aromatic carbocycles. The molecule has 1 aliphatic rings. The Morgan fingerprint density at radius 3 is 2.24 bits per heavy atom. The normalized spacial score (nSPS) is 14.7. The van der Waals surface area contributed by atoms with Crippen molar-refractivity contribution in [2.75, 3.05) is 33.9 Å². The molecule has 0 radical (unpaired) electrons. The number of aryl methyl sites for hydroxylation is 1. The molecule has 0 saturated heterocycles. The van der Waals surface area contributed by atoms with Gasteiger partial charge in [0.2, 0.25) is 0 Å². The van der Waals surface area contributed by atoms with Gasteiger partial charge in [0.15, 0.2) is 0 Å². The van der Waals surface area contributed by atoms with Gasteiger partial charge < -0.3 is 14.2 Å². The molecule has 1 unspecified atom stereocenters. The summed E-state index contributed by atoms with van der Waals surface area (Å²) in [4.78, 5) is 2.25. The van der Waals surface area contributed by atoms with Crippen LogP contribution in [0, 0.1) is 0 Å². The first-order valence-corrected chi connectivity index (χ1v) is 11.5. The van der Waals surface area contributed by atoms with Crippen LogP contribution in [0.3, 0.4) is 0 Å². The standard InChI is InChI=1S/C16H20FNO.C5H13N.2C2H6/c1-11-5-3-6-12-15(11)16-13(18(12)10-9-17)7-4-8-14(16)19-2;1-4-6(3)5-2;2*1-2/h4,7-8,11H,3,5-6,9-10H2,1-2H3;4-5H2,1-3H3;2*1-2H3. The van der Waals surface area contributed by atoms with Crippen molar-refractivity contribution in [3.63, 3.8) is 0 Å². The maximum absolute atomic E-state index is 12.9. The van der Waals surface area contributed by atoms with Gasteiger partial charge in [-0.15, -0.1) is 0 Å². The van der Waals surface area contributed by atoms with Gasteiger partial charge in [0, 0.05) is 11.1 Å². The van der Waals surface area contributed by atoms with E-state index in [0.29, 0.717) is 12.5 Å². The van der Waals surface area contributed by atoms with E-state index >= 15 is 0 Å². The number of rotatable bonds is 5. The summed E-state index contributed by atoms with van der Waals surface area (Å²) in [5, 5.41) is 1.20. The molecule has 1 aromatic heterocycles. The maximum Gasteiger partial charge on any atom is 0.128 e. The molecule has 0 spiro atoms. The molecule has 0 fully saturated rings. The minimum Gasteiger partial charge on any atom is -0.496 e. The summed E-state index contributed by atoms with van der Waals surface area (Å²) in [5.74, 6) is 1.45. The molecule has 1 atom stereocenters. The number of ether oxygens (including phenoxy) is 1. The molecule has 4 heteroatoms. The first-order valence-electron chi connectivity index (χ1n) is 11.5. The molecule has 0 amide bonds. The van der Waals surface area contributed by atoms with Crippen LogP contribution in [0.4, 0.5) is 4.39 Å². The zero-order valence-electron chi connectivity index (χ0n) is 20.4. The largest absolute Gasteiger partial charge is 0.496 e. The van der Waals surface area contributed by atoms with Crippen LogP contribution in [0.2, 0.25) is 0 Å². The van der Waals surface area contributed by atoms with E-state index in [-0.39, 0.29) is 6.67 Å². The third-order valence-electron chi connectivity index (χ3n) is 5.35. The van der Waals surface area contributed by atoms with Gasteiger partial charge >= 0.3 is 0 Å². The Balaban J connectivity index is 0.000000670. The van der Waals surface area contributed by atoms with Crippen molar-refractivity contribution in [3.8, 4) is 5.75 Å². The van der Waals surface area contributed by atoms with E-state index in [4.69, 9.17) is 4.74 Å². The zero-order valence-corrected chi connectivity index (χ0v) is 20.4. The molecule has 3 rings (SSSR count). The number of halogens is 1. The molecule has 0 aliphatic heterocycles. The molecule has 1 aliphatic carbocycles. The molecule has 0 N–H and O–H groups in total. The minimum atomic E-state index is -0.318. The minimum absolute atomic E-state index is 0.318. The van der Waals surface area contributed by atoms with Gasteiger partial charge in [-0.1, -0.05) is 54.5 Å². The van der Waals surface area contributed by atoms with Gasteiger partial charge in [0.25, 0.3) is 0 Å². The number of alkyl halides is 1. The lowest BCUT2D eigenvalue weighted by molar-refractivity contribution is 0.373. The predicted molar refractivity (Wildman–Crippen MR) is 127 cm³/mol. The molecule has 168 valence electrons. The average molecular weight is 409 g/mol. The maximum atomic E-state index is 12.9. The lowest BCUT2D eigenvalue weighted by atomic mass is 9.86. The van der Waals surface area contributed by atoms with Crippen LogP contribution in [0.1, 0.15) is 78.5 Å². The Kier molecular flexibility index (Phi) is 14.5. The van der Waals surface area contributed by atoms with Crippen LogP contribution in [0.5, 0.6) is 5.75 Å². The van der Waals surface area contributed by atoms with Crippen molar-refractivity contribution in [2.45, 2.75) is 80.2 Å². The van der Waals surface area contributed by atoms with Crippen molar-refractivity contribution in [2.24, 2.45) is 0 Å². The Hall–Kier alpha value is -1.55. The summed E-state index contributed by atoms with van der Waals surface area (Å²) in [6.45, 7) is 17.0. The highest BCUT2D eigenvalue weighted by atomic mass is 19.1. The molecule has 0 saturated carbocycles. The molecule has 29 heavy (non-hydrogen) atoms. The SMILES string of the molecule is CC.CC.CCN(C)CC.COc1cccc2c1c1c(n2CCF)CCCC1C. The second-order valence-electron chi connectivity index (χ2n) is 6.84. The highest BCUT2D eigenvalue weighted by molar-refractivity contribution is 5.92. The van der Waals surface area contributed by atoms with E-state index < -0.39 is 0 Å². The van der Waals surface area contributed by atoms with E-state index in [2.05, 4.69) is 43.4 Å². The van der Waals surface area contributed by atoms with Crippen LogP contribution in [-0.4, -0.2) is 43.4 Å². The number of benzene rings is 1. The quantitative estimate of drug-likeness (QED) is 0.526. The monoisotopic (exact) mass is 408 g/mol. The lowest BCUT2D eigenvalue weighted by Crippen LogP contribution is -2.15. The van der Waals surface area contributed by atoms with E-state index in [9.17, 15) is 4.39 Å². The Bertz CT molecular complexity index is 677. The second-order valence-corrected chi connectivity index (χ2v) is 6.84. The Morgan fingerprint density at radius 1 is 1.14 bits per heavy atom. The first-order chi connectivity index (χ1) is 14.1. The fourth-order valence-electron chi connectivity index (χ4n) is 3.70. The molecular formula is C25H45FN2O. The van der Waals surface area contributed by atoms with E-state index in [0.717, 1.165) is 30.8 Å². The first kappa shape index (κ1) is 27.5. The summed E-state index contributed by atoms with van der Waals surface area (Å²) in [6, 6.07) is 6.08. The third-order valence-corrected chi connectivity index (χ3v) is 5.35. The molecule has 0 bridgehead atoms. The van der Waals surface area contributed by atoms with E-state index in [1.807, 2.05) is 39.8 Å². The summed E-state index contributed by atoms with van der Waals surface area (Å²) in [6.07, 6.45) is 3.45. The molecule has 2 aromatic rings. The predicted octanol–water partition coefficient (Wildman–Crippen LogP) is 7.07. The Morgan fingerprint density at radius 2 is 1.76 bits per heavy atom. The van der Waals surface area contributed by atoms with Crippen LogP contribution in [0.15, 0.2) is 18.2 Å².